The zero-order valence-corrected chi connectivity index (χ0v) is 18.0. The van der Waals surface area contributed by atoms with Crippen LogP contribution in [0.3, 0.4) is 0 Å². The Hall–Kier alpha value is -3.39. The third-order valence-electron chi connectivity index (χ3n) is 7.84. The summed E-state index contributed by atoms with van der Waals surface area (Å²) >= 11 is 0. The lowest BCUT2D eigenvalue weighted by molar-refractivity contribution is -0.145. The summed E-state index contributed by atoms with van der Waals surface area (Å²) in [5.41, 5.74) is 0.724. The molecule has 3 fully saturated rings. The third-order valence-corrected chi connectivity index (χ3v) is 7.84. The lowest BCUT2D eigenvalue weighted by Crippen LogP contribution is -2.54. The Labute approximate surface area is 190 Å². The van der Waals surface area contributed by atoms with Crippen LogP contribution in [0.4, 0.5) is 5.69 Å². The SMILES string of the molecule is O=C1[C@@H]2C(Cc3ccc(O)c(O)c3)NC3(C(=O)Nc4ccccc43)[C@@H]2C(=O)N1C1CCCC1. The summed E-state index contributed by atoms with van der Waals surface area (Å²) < 4.78 is 0. The molecule has 4 aliphatic rings. The number of para-hydroxylation sites is 1. The van der Waals surface area contributed by atoms with Crippen molar-refractivity contribution < 1.29 is 24.6 Å². The number of nitrogens with one attached hydrogen (secondary N) is 2. The minimum Gasteiger partial charge on any atom is -0.504 e. The second-order valence-electron chi connectivity index (χ2n) is 9.57. The second-order valence-corrected chi connectivity index (χ2v) is 9.57. The van der Waals surface area contributed by atoms with Crippen molar-refractivity contribution in [2.75, 3.05) is 5.32 Å². The fraction of sp³-hybridized carbons (Fsp3) is 0.400. The molecule has 8 nitrogen and oxygen atoms in total. The smallest absolute Gasteiger partial charge is 0.250 e. The number of likely N-dealkylation sites (tertiary alicyclic amines) is 1. The van der Waals surface area contributed by atoms with E-state index in [4.69, 9.17) is 0 Å². The quantitative estimate of drug-likeness (QED) is 0.422. The van der Waals surface area contributed by atoms with Crippen LogP contribution in [0.25, 0.3) is 0 Å². The third kappa shape index (κ3) is 2.70. The molecule has 33 heavy (non-hydrogen) atoms. The summed E-state index contributed by atoms with van der Waals surface area (Å²) in [7, 11) is 0. The van der Waals surface area contributed by atoms with Gasteiger partial charge < -0.3 is 15.5 Å². The summed E-state index contributed by atoms with van der Waals surface area (Å²) in [5.74, 6) is -2.79. The first-order valence-corrected chi connectivity index (χ1v) is 11.5. The van der Waals surface area contributed by atoms with Gasteiger partial charge >= 0.3 is 0 Å². The van der Waals surface area contributed by atoms with Crippen LogP contribution in [-0.2, 0) is 26.3 Å². The van der Waals surface area contributed by atoms with E-state index >= 15 is 0 Å². The van der Waals surface area contributed by atoms with Crippen LogP contribution >= 0.6 is 0 Å². The number of aromatic hydroxyl groups is 2. The van der Waals surface area contributed by atoms with Gasteiger partial charge in [-0.3, -0.25) is 24.6 Å². The molecule has 0 radical (unpaired) electrons. The van der Waals surface area contributed by atoms with E-state index in [1.165, 1.54) is 17.0 Å². The molecule has 1 aliphatic carbocycles. The van der Waals surface area contributed by atoms with Crippen molar-refractivity contribution in [2.24, 2.45) is 11.8 Å². The van der Waals surface area contributed by atoms with Crippen LogP contribution in [0.5, 0.6) is 11.5 Å². The summed E-state index contributed by atoms with van der Waals surface area (Å²) in [6.07, 6.45) is 3.90. The van der Waals surface area contributed by atoms with E-state index in [2.05, 4.69) is 10.6 Å². The number of hydrogen-bond donors (Lipinski definition) is 4. The molecule has 4 atom stereocenters. The van der Waals surface area contributed by atoms with Gasteiger partial charge in [-0.05, 0) is 43.0 Å². The van der Waals surface area contributed by atoms with E-state index in [1.807, 2.05) is 18.2 Å². The molecule has 6 rings (SSSR count). The van der Waals surface area contributed by atoms with Gasteiger partial charge in [-0.2, -0.15) is 0 Å². The summed E-state index contributed by atoms with van der Waals surface area (Å²) in [6.45, 7) is 0. The van der Waals surface area contributed by atoms with Crippen molar-refractivity contribution in [2.45, 2.75) is 49.7 Å². The van der Waals surface area contributed by atoms with Crippen molar-refractivity contribution in [1.29, 1.82) is 0 Å². The largest absolute Gasteiger partial charge is 0.504 e. The normalized spacial score (nSPS) is 30.8. The molecule has 2 unspecified atom stereocenters. The number of phenols is 2. The second kappa shape index (κ2) is 7.05. The number of nitrogens with zero attached hydrogens (tertiary/aromatic N) is 1. The van der Waals surface area contributed by atoms with E-state index in [1.54, 1.807) is 12.1 Å². The molecule has 4 N–H and O–H groups in total. The standard InChI is InChI=1S/C25H25N3O5/c29-18-10-9-13(12-19(18)30)11-17-20-21(23(32)28(22(20)31)14-5-1-2-6-14)25(27-17)15-7-3-4-8-16(15)26-24(25)33/h3-4,7-10,12,14,17,20-21,27,29-30H,1-2,5-6,11H2,(H,26,33)/t17?,20-,21+,25?/m1/s1. The molecular formula is C25H25N3O5. The van der Waals surface area contributed by atoms with Gasteiger partial charge in [-0.1, -0.05) is 37.1 Å². The van der Waals surface area contributed by atoms with Gasteiger partial charge in [0.2, 0.25) is 17.7 Å². The molecule has 1 saturated carbocycles. The van der Waals surface area contributed by atoms with E-state index < -0.39 is 23.4 Å². The van der Waals surface area contributed by atoms with E-state index in [9.17, 15) is 24.6 Å². The number of hydrogen-bond acceptors (Lipinski definition) is 6. The number of carbonyl (C=O) groups excluding carboxylic acids is 3. The van der Waals surface area contributed by atoms with Crippen molar-refractivity contribution >= 4 is 23.4 Å². The van der Waals surface area contributed by atoms with Crippen molar-refractivity contribution in [3.63, 3.8) is 0 Å². The number of carbonyl (C=O) groups is 3. The zero-order chi connectivity index (χ0) is 22.9. The number of phenolic OH excluding ortho intramolecular Hbond substituents is 2. The molecule has 0 bridgehead atoms. The van der Waals surface area contributed by atoms with Crippen LogP contribution in [0, 0.1) is 11.8 Å². The lowest BCUT2D eigenvalue weighted by Gasteiger charge is -2.31. The molecule has 3 amide bonds. The van der Waals surface area contributed by atoms with Gasteiger partial charge in [-0.15, -0.1) is 0 Å². The molecule has 2 aromatic carbocycles. The minimum atomic E-state index is -1.31. The molecule has 3 aliphatic heterocycles. The fourth-order valence-corrected chi connectivity index (χ4v) is 6.43. The van der Waals surface area contributed by atoms with E-state index in [-0.39, 0.29) is 35.3 Å². The molecule has 8 heteroatoms. The predicted molar refractivity (Wildman–Crippen MR) is 118 cm³/mol. The fourth-order valence-electron chi connectivity index (χ4n) is 6.43. The predicted octanol–water partition coefficient (Wildman–Crippen LogP) is 2.00. The average Bonchev–Trinajstić information content (AvgIpc) is 3.53. The van der Waals surface area contributed by atoms with Crippen LogP contribution < -0.4 is 10.6 Å². The topological polar surface area (TPSA) is 119 Å². The van der Waals surface area contributed by atoms with Gasteiger partial charge in [0, 0.05) is 23.3 Å². The first-order chi connectivity index (χ1) is 15.9. The van der Waals surface area contributed by atoms with E-state index in [0.29, 0.717) is 23.2 Å². The first kappa shape index (κ1) is 20.2. The molecule has 0 aromatic heterocycles. The number of amides is 3. The molecule has 2 aromatic rings. The van der Waals surface area contributed by atoms with Crippen molar-refractivity contribution in [3.05, 3.63) is 53.6 Å². The number of anilines is 1. The Morgan fingerprint density at radius 1 is 0.970 bits per heavy atom. The van der Waals surface area contributed by atoms with Crippen LogP contribution in [-0.4, -0.2) is 44.9 Å². The van der Waals surface area contributed by atoms with Gasteiger partial charge in [0.15, 0.2) is 11.5 Å². The van der Waals surface area contributed by atoms with E-state index in [0.717, 1.165) is 25.7 Å². The maximum atomic E-state index is 13.8. The summed E-state index contributed by atoms with van der Waals surface area (Å²) in [5, 5.41) is 25.9. The molecular weight excluding hydrogens is 422 g/mol. The molecule has 3 heterocycles. The van der Waals surface area contributed by atoms with Gasteiger partial charge in [-0.25, -0.2) is 0 Å². The first-order valence-electron chi connectivity index (χ1n) is 11.5. The zero-order valence-electron chi connectivity index (χ0n) is 18.0. The number of imide groups is 1. The van der Waals surface area contributed by atoms with Crippen LogP contribution in [0.1, 0.15) is 36.8 Å². The lowest BCUT2D eigenvalue weighted by atomic mass is 9.76. The maximum Gasteiger partial charge on any atom is 0.250 e. The highest BCUT2D eigenvalue weighted by Crippen LogP contribution is 2.54. The number of benzene rings is 2. The Bertz CT molecular complexity index is 1190. The number of rotatable bonds is 3. The highest BCUT2D eigenvalue weighted by atomic mass is 16.3. The monoisotopic (exact) mass is 447 g/mol. The molecule has 2 saturated heterocycles. The van der Waals surface area contributed by atoms with Gasteiger partial charge in [0.25, 0.3) is 0 Å². The Kier molecular flexibility index (Phi) is 4.32. The molecule has 1 spiro atoms. The number of fused-ring (bicyclic) bond motifs is 4. The average molecular weight is 447 g/mol. The van der Waals surface area contributed by atoms with Crippen molar-refractivity contribution in [3.8, 4) is 11.5 Å². The maximum absolute atomic E-state index is 13.8. The highest BCUT2D eigenvalue weighted by molar-refractivity contribution is 6.15. The Morgan fingerprint density at radius 3 is 2.48 bits per heavy atom. The molecule has 170 valence electrons. The summed E-state index contributed by atoms with van der Waals surface area (Å²) in [6, 6.07) is 11.2. The van der Waals surface area contributed by atoms with Gasteiger partial charge in [0.1, 0.15) is 5.54 Å². The van der Waals surface area contributed by atoms with Crippen LogP contribution in [0.15, 0.2) is 42.5 Å². The van der Waals surface area contributed by atoms with Crippen LogP contribution in [0.2, 0.25) is 0 Å². The summed E-state index contributed by atoms with van der Waals surface area (Å²) in [4.78, 5) is 42.4. The Balaban J connectivity index is 1.46. The highest BCUT2D eigenvalue weighted by Gasteiger charge is 2.70. The van der Waals surface area contributed by atoms with Gasteiger partial charge in [0.05, 0.1) is 11.8 Å². The van der Waals surface area contributed by atoms with Crippen molar-refractivity contribution in [1.82, 2.24) is 10.2 Å². The Morgan fingerprint density at radius 2 is 1.73 bits per heavy atom. The minimum absolute atomic E-state index is 0.106.